The molecule has 0 radical (unpaired) electrons. The molecule has 0 N–H and O–H groups in total. The molecule has 0 aliphatic heterocycles. The van der Waals surface area contributed by atoms with E-state index in [2.05, 4.69) is 43.5 Å². The summed E-state index contributed by atoms with van der Waals surface area (Å²) in [6.45, 7) is 6.82. The molecule has 2 rings (SSSR count). The lowest BCUT2D eigenvalue weighted by atomic mass is 10.2. The van der Waals surface area contributed by atoms with Gasteiger partial charge < -0.3 is 9.30 Å². The highest BCUT2D eigenvalue weighted by Gasteiger charge is 2.17. The van der Waals surface area contributed by atoms with Crippen molar-refractivity contribution in [3.63, 3.8) is 0 Å². The Hall–Kier alpha value is -2.06. The summed E-state index contributed by atoms with van der Waals surface area (Å²) in [4.78, 5) is 0. The zero-order valence-corrected chi connectivity index (χ0v) is 13.1. The standard InChI is InChI=1S/C16H22N4O/c1-5-14(11-21-4)20-15(8-9-17)10-16(18-20)19-12(2)6-7-13(19)3/h6-7,10,14H,5,8,11H2,1-4H3. The molecule has 21 heavy (non-hydrogen) atoms. The van der Waals surface area contributed by atoms with Crippen LogP contribution in [0.4, 0.5) is 0 Å². The molecule has 0 aromatic carbocycles. The fourth-order valence-corrected chi connectivity index (χ4v) is 2.64. The molecule has 2 aromatic rings. The van der Waals surface area contributed by atoms with Gasteiger partial charge in [-0.3, -0.25) is 4.68 Å². The van der Waals surface area contributed by atoms with E-state index in [1.165, 1.54) is 0 Å². The molecule has 2 heterocycles. The number of ether oxygens (including phenoxy) is 1. The van der Waals surface area contributed by atoms with E-state index in [9.17, 15) is 0 Å². The zero-order valence-electron chi connectivity index (χ0n) is 13.1. The number of rotatable bonds is 6. The first kappa shape index (κ1) is 15.3. The molecule has 0 aliphatic carbocycles. The van der Waals surface area contributed by atoms with Gasteiger partial charge in [0, 0.05) is 24.6 Å². The Balaban J connectivity index is 2.49. The number of methoxy groups -OCH3 is 1. The normalized spacial score (nSPS) is 12.3. The summed E-state index contributed by atoms with van der Waals surface area (Å²) in [6.07, 6.45) is 1.27. The van der Waals surface area contributed by atoms with Crippen LogP contribution in [0.3, 0.4) is 0 Å². The molecule has 0 fully saturated rings. The fourth-order valence-electron chi connectivity index (χ4n) is 2.64. The number of aromatic nitrogens is 3. The number of hydrogen-bond acceptors (Lipinski definition) is 3. The highest BCUT2D eigenvalue weighted by molar-refractivity contribution is 5.33. The van der Waals surface area contributed by atoms with Gasteiger partial charge >= 0.3 is 0 Å². The summed E-state index contributed by atoms with van der Waals surface area (Å²) in [5.74, 6) is 0.870. The number of nitrogens with zero attached hydrogens (tertiary/aromatic N) is 4. The second kappa shape index (κ2) is 6.59. The molecule has 0 saturated carbocycles. The molecule has 0 aliphatic rings. The summed E-state index contributed by atoms with van der Waals surface area (Å²) in [5.41, 5.74) is 3.21. The Labute approximate surface area is 125 Å². The van der Waals surface area contributed by atoms with Crippen molar-refractivity contribution in [1.29, 1.82) is 5.26 Å². The smallest absolute Gasteiger partial charge is 0.159 e. The van der Waals surface area contributed by atoms with Crippen molar-refractivity contribution in [2.45, 2.75) is 39.7 Å². The molecule has 5 heteroatoms. The van der Waals surface area contributed by atoms with Crippen LogP contribution >= 0.6 is 0 Å². The topological polar surface area (TPSA) is 55.8 Å². The summed E-state index contributed by atoms with van der Waals surface area (Å²) < 4.78 is 9.33. The Morgan fingerprint density at radius 2 is 2.00 bits per heavy atom. The van der Waals surface area contributed by atoms with E-state index in [0.717, 1.165) is 29.3 Å². The van der Waals surface area contributed by atoms with Gasteiger partial charge in [0.05, 0.1) is 30.8 Å². The third-order valence-corrected chi connectivity index (χ3v) is 3.74. The minimum atomic E-state index is 0.156. The van der Waals surface area contributed by atoms with Gasteiger partial charge in [0.15, 0.2) is 5.82 Å². The molecule has 5 nitrogen and oxygen atoms in total. The van der Waals surface area contributed by atoms with Crippen molar-refractivity contribution >= 4 is 0 Å². The minimum absolute atomic E-state index is 0.156. The van der Waals surface area contributed by atoms with E-state index in [4.69, 9.17) is 15.1 Å². The predicted octanol–water partition coefficient (Wildman–Crippen LogP) is 2.95. The van der Waals surface area contributed by atoms with E-state index in [1.807, 2.05) is 10.7 Å². The number of nitriles is 1. The Morgan fingerprint density at radius 3 is 2.52 bits per heavy atom. The predicted molar refractivity (Wildman–Crippen MR) is 81.5 cm³/mol. The van der Waals surface area contributed by atoms with Gasteiger partial charge in [-0.05, 0) is 32.4 Å². The third-order valence-electron chi connectivity index (χ3n) is 3.74. The van der Waals surface area contributed by atoms with Crippen molar-refractivity contribution < 1.29 is 4.74 Å². The molecule has 2 aromatic heterocycles. The van der Waals surface area contributed by atoms with Crippen molar-refractivity contribution in [2.75, 3.05) is 13.7 Å². The zero-order chi connectivity index (χ0) is 15.4. The maximum absolute atomic E-state index is 9.05. The van der Waals surface area contributed by atoms with E-state index in [0.29, 0.717) is 13.0 Å². The SMILES string of the molecule is CCC(COC)n1nc(-n2c(C)ccc2C)cc1CC#N. The summed E-state index contributed by atoms with van der Waals surface area (Å²) >= 11 is 0. The molecule has 1 atom stereocenters. The van der Waals surface area contributed by atoms with E-state index in [1.54, 1.807) is 7.11 Å². The second-order valence-corrected chi connectivity index (χ2v) is 5.24. The first-order valence-corrected chi connectivity index (χ1v) is 7.22. The highest BCUT2D eigenvalue weighted by atomic mass is 16.5. The van der Waals surface area contributed by atoms with Crippen molar-refractivity contribution in [3.05, 3.63) is 35.3 Å². The van der Waals surface area contributed by atoms with Crippen LogP contribution in [0.5, 0.6) is 0 Å². The first-order chi connectivity index (χ1) is 10.1. The number of aryl methyl sites for hydroxylation is 2. The van der Waals surface area contributed by atoms with Crippen LogP contribution in [0.2, 0.25) is 0 Å². The quantitative estimate of drug-likeness (QED) is 0.820. The summed E-state index contributed by atoms with van der Waals surface area (Å²) in [7, 11) is 1.69. The monoisotopic (exact) mass is 286 g/mol. The first-order valence-electron chi connectivity index (χ1n) is 7.22. The molecule has 0 spiro atoms. The van der Waals surface area contributed by atoms with Crippen LogP contribution in [0.25, 0.3) is 5.82 Å². The van der Waals surface area contributed by atoms with Crippen molar-refractivity contribution in [1.82, 2.24) is 14.3 Å². The molecular weight excluding hydrogens is 264 g/mol. The largest absolute Gasteiger partial charge is 0.382 e. The molecule has 112 valence electrons. The van der Waals surface area contributed by atoms with E-state index >= 15 is 0 Å². The Kier molecular flexibility index (Phi) is 4.81. The Morgan fingerprint density at radius 1 is 1.33 bits per heavy atom. The second-order valence-electron chi connectivity index (χ2n) is 5.24. The van der Waals surface area contributed by atoms with Gasteiger partial charge in [-0.15, -0.1) is 0 Å². The van der Waals surface area contributed by atoms with Gasteiger partial charge in [0.2, 0.25) is 0 Å². The molecular formula is C16H22N4O. The lowest BCUT2D eigenvalue weighted by molar-refractivity contribution is 0.146. The summed E-state index contributed by atoms with van der Waals surface area (Å²) in [6, 6.07) is 8.53. The van der Waals surface area contributed by atoms with Gasteiger partial charge in [-0.2, -0.15) is 10.4 Å². The lowest BCUT2D eigenvalue weighted by Crippen LogP contribution is -2.18. The van der Waals surface area contributed by atoms with Crippen LogP contribution in [0.1, 0.15) is 36.5 Å². The fraction of sp³-hybridized carbons (Fsp3) is 0.500. The van der Waals surface area contributed by atoms with Crippen LogP contribution in [-0.2, 0) is 11.2 Å². The van der Waals surface area contributed by atoms with Crippen LogP contribution < -0.4 is 0 Å². The average molecular weight is 286 g/mol. The van der Waals surface area contributed by atoms with Gasteiger partial charge in [0.25, 0.3) is 0 Å². The average Bonchev–Trinajstić information content (AvgIpc) is 3.00. The molecule has 0 amide bonds. The Bertz CT molecular complexity index is 628. The van der Waals surface area contributed by atoms with Gasteiger partial charge in [-0.25, -0.2) is 0 Å². The summed E-state index contributed by atoms with van der Waals surface area (Å²) in [5, 5.41) is 13.8. The maximum atomic E-state index is 9.05. The van der Waals surface area contributed by atoms with E-state index < -0.39 is 0 Å². The van der Waals surface area contributed by atoms with Crippen molar-refractivity contribution in [3.8, 4) is 11.9 Å². The van der Waals surface area contributed by atoms with Crippen LogP contribution in [0, 0.1) is 25.2 Å². The van der Waals surface area contributed by atoms with E-state index in [-0.39, 0.29) is 6.04 Å². The van der Waals surface area contributed by atoms with Gasteiger partial charge in [0.1, 0.15) is 0 Å². The molecule has 0 bridgehead atoms. The van der Waals surface area contributed by atoms with Crippen LogP contribution in [-0.4, -0.2) is 28.1 Å². The number of hydrogen-bond donors (Lipinski definition) is 0. The highest BCUT2D eigenvalue weighted by Crippen LogP contribution is 2.21. The van der Waals surface area contributed by atoms with Gasteiger partial charge in [-0.1, -0.05) is 6.92 Å². The lowest BCUT2D eigenvalue weighted by Gasteiger charge is -2.16. The maximum Gasteiger partial charge on any atom is 0.159 e. The third kappa shape index (κ3) is 3.01. The minimum Gasteiger partial charge on any atom is -0.382 e. The van der Waals surface area contributed by atoms with Crippen molar-refractivity contribution in [2.24, 2.45) is 0 Å². The molecule has 0 saturated heterocycles. The van der Waals surface area contributed by atoms with Crippen LogP contribution in [0.15, 0.2) is 18.2 Å². The molecule has 1 unspecified atom stereocenters.